The van der Waals surface area contributed by atoms with Gasteiger partial charge in [-0.2, -0.15) is 0 Å². The molecule has 1 atom stereocenters. The van der Waals surface area contributed by atoms with Crippen molar-refractivity contribution in [1.29, 1.82) is 0 Å². The molecule has 0 fully saturated rings. The zero-order valence-corrected chi connectivity index (χ0v) is 8.51. The highest BCUT2D eigenvalue weighted by Gasteiger charge is 2.09. The van der Waals surface area contributed by atoms with Crippen LogP contribution in [0.15, 0.2) is 37.5 Å². The summed E-state index contributed by atoms with van der Waals surface area (Å²) in [6.45, 7) is 14.0. The maximum atomic E-state index is 3.80. The van der Waals surface area contributed by atoms with Crippen molar-refractivity contribution in [3.05, 3.63) is 37.5 Å². The van der Waals surface area contributed by atoms with Crippen LogP contribution in [0.1, 0.15) is 27.2 Å². The first-order valence-corrected chi connectivity index (χ1v) is 4.44. The molecule has 0 nitrogen and oxygen atoms in total. The summed E-state index contributed by atoms with van der Waals surface area (Å²) < 4.78 is 0. The van der Waals surface area contributed by atoms with Gasteiger partial charge in [0.2, 0.25) is 0 Å². The summed E-state index contributed by atoms with van der Waals surface area (Å²) in [6.07, 6.45) is 9.37. The van der Waals surface area contributed by atoms with Crippen LogP contribution in [-0.4, -0.2) is 0 Å². The number of hydrogen-bond donors (Lipinski definition) is 0. The highest BCUT2D eigenvalue weighted by atomic mass is 14.1. The van der Waals surface area contributed by atoms with Crippen LogP contribution in [0.4, 0.5) is 0 Å². The van der Waals surface area contributed by atoms with Gasteiger partial charge < -0.3 is 0 Å². The Morgan fingerprint density at radius 3 is 2.33 bits per heavy atom. The summed E-state index contributed by atoms with van der Waals surface area (Å²) in [4.78, 5) is 0. The first kappa shape index (κ1) is 11.2. The van der Waals surface area contributed by atoms with E-state index in [1.54, 1.807) is 0 Å². The monoisotopic (exact) mass is 164 g/mol. The molecular formula is C12H20. The van der Waals surface area contributed by atoms with Crippen molar-refractivity contribution in [2.45, 2.75) is 27.2 Å². The van der Waals surface area contributed by atoms with Crippen LogP contribution in [0.25, 0.3) is 0 Å². The third-order valence-electron chi connectivity index (χ3n) is 2.01. The maximum Gasteiger partial charge on any atom is -0.00846 e. The average molecular weight is 164 g/mol. The van der Waals surface area contributed by atoms with E-state index in [1.807, 2.05) is 12.2 Å². The van der Waals surface area contributed by atoms with Gasteiger partial charge >= 0.3 is 0 Å². The molecule has 0 amide bonds. The maximum absolute atomic E-state index is 3.80. The molecule has 0 spiro atoms. The Bertz CT molecular complexity index is 172. The van der Waals surface area contributed by atoms with Gasteiger partial charge in [0, 0.05) is 0 Å². The lowest BCUT2D eigenvalue weighted by atomic mass is 9.89. The zero-order valence-electron chi connectivity index (χ0n) is 8.51. The Balaban J connectivity index is 3.89. The first-order valence-electron chi connectivity index (χ1n) is 4.44. The van der Waals surface area contributed by atoms with Crippen LogP contribution >= 0.6 is 0 Å². The molecule has 0 aliphatic heterocycles. The molecule has 0 aromatic rings. The lowest BCUT2D eigenvalue weighted by molar-refractivity contribution is 0.489. The highest BCUT2D eigenvalue weighted by molar-refractivity contribution is 5.00. The van der Waals surface area contributed by atoms with E-state index in [-0.39, 0.29) is 5.41 Å². The van der Waals surface area contributed by atoms with Crippen molar-refractivity contribution < 1.29 is 0 Å². The van der Waals surface area contributed by atoms with Gasteiger partial charge in [-0.15, -0.1) is 13.2 Å². The average Bonchev–Trinajstić information content (AvgIpc) is 2.04. The third-order valence-corrected chi connectivity index (χ3v) is 2.01. The van der Waals surface area contributed by atoms with Crippen LogP contribution < -0.4 is 0 Å². The standard InChI is InChI=1S/C12H20/c1-6-11(3)9-8-10-12(4,5)7-2/h6-9,11H,1-2,10H2,3-5H3/b9-8+. The van der Waals surface area contributed by atoms with Gasteiger partial charge in [-0.3, -0.25) is 0 Å². The van der Waals surface area contributed by atoms with Crippen molar-refractivity contribution in [1.82, 2.24) is 0 Å². The van der Waals surface area contributed by atoms with E-state index in [0.29, 0.717) is 5.92 Å². The number of hydrogen-bond acceptors (Lipinski definition) is 0. The minimum atomic E-state index is 0.220. The SMILES string of the molecule is C=CC(C)/C=C/CC(C)(C)C=C. The van der Waals surface area contributed by atoms with Crippen LogP contribution in [0.2, 0.25) is 0 Å². The molecule has 0 heterocycles. The Kier molecular flexibility index (Phi) is 4.65. The Hall–Kier alpha value is -0.780. The van der Waals surface area contributed by atoms with Crippen LogP contribution in [0, 0.1) is 11.3 Å². The summed E-state index contributed by atoms with van der Waals surface area (Å²) in [5.74, 6) is 0.477. The normalized spacial score (nSPS) is 14.6. The molecule has 0 rings (SSSR count). The van der Waals surface area contributed by atoms with E-state index in [4.69, 9.17) is 0 Å². The molecule has 12 heavy (non-hydrogen) atoms. The van der Waals surface area contributed by atoms with Gasteiger partial charge in [-0.05, 0) is 17.8 Å². The van der Waals surface area contributed by atoms with Crippen LogP contribution in [0.5, 0.6) is 0 Å². The molecule has 0 saturated heterocycles. The molecule has 0 bridgehead atoms. The minimum absolute atomic E-state index is 0.220. The van der Waals surface area contributed by atoms with E-state index >= 15 is 0 Å². The summed E-state index contributed by atoms with van der Waals surface area (Å²) in [5, 5.41) is 0. The summed E-state index contributed by atoms with van der Waals surface area (Å²) in [7, 11) is 0. The fourth-order valence-electron chi connectivity index (χ4n) is 0.748. The van der Waals surface area contributed by atoms with Gasteiger partial charge in [-0.25, -0.2) is 0 Å². The Labute approximate surface area is 76.7 Å². The van der Waals surface area contributed by atoms with Crippen molar-refractivity contribution >= 4 is 0 Å². The smallest absolute Gasteiger partial charge is 0.00846 e. The van der Waals surface area contributed by atoms with E-state index in [2.05, 4.69) is 46.1 Å². The fraction of sp³-hybridized carbons (Fsp3) is 0.500. The highest BCUT2D eigenvalue weighted by Crippen LogP contribution is 2.21. The van der Waals surface area contributed by atoms with Crippen molar-refractivity contribution in [3.63, 3.8) is 0 Å². The molecule has 1 unspecified atom stereocenters. The second-order valence-electron chi connectivity index (χ2n) is 3.92. The van der Waals surface area contributed by atoms with Gasteiger partial charge in [0.1, 0.15) is 0 Å². The zero-order chi connectivity index (χ0) is 9.61. The first-order chi connectivity index (χ1) is 5.52. The van der Waals surface area contributed by atoms with E-state index in [0.717, 1.165) is 6.42 Å². The van der Waals surface area contributed by atoms with E-state index < -0.39 is 0 Å². The number of rotatable bonds is 5. The van der Waals surface area contributed by atoms with Gasteiger partial charge in [0.15, 0.2) is 0 Å². The molecule has 0 aromatic carbocycles. The second-order valence-corrected chi connectivity index (χ2v) is 3.92. The van der Waals surface area contributed by atoms with Crippen LogP contribution in [-0.2, 0) is 0 Å². The lowest BCUT2D eigenvalue weighted by Crippen LogP contribution is -2.04. The summed E-state index contributed by atoms with van der Waals surface area (Å²) in [6, 6.07) is 0. The molecular weight excluding hydrogens is 144 g/mol. The van der Waals surface area contributed by atoms with E-state index in [1.165, 1.54) is 0 Å². The number of allylic oxidation sites excluding steroid dienone is 4. The molecule has 0 aliphatic rings. The Morgan fingerprint density at radius 1 is 1.33 bits per heavy atom. The van der Waals surface area contributed by atoms with Crippen molar-refractivity contribution in [2.75, 3.05) is 0 Å². The molecule has 0 aliphatic carbocycles. The largest absolute Gasteiger partial charge is 0.103 e. The summed E-state index contributed by atoms with van der Waals surface area (Å²) >= 11 is 0. The predicted molar refractivity (Wildman–Crippen MR) is 57.1 cm³/mol. The molecule has 0 saturated carbocycles. The predicted octanol–water partition coefficient (Wildman–Crippen LogP) is 3.97. The molecule has 68 valence electrons. The Morgan fingerprint density at radius 2 is 1.92 bits per heavy atom. The molecule has 0 aromatic heterocycles. The fourth-order valence-corrected chi connectivity index (χ4v) is 0.748. The summed E-state index contributed by atoms with van der Waals surface area (Å²) in [5.41, 5.74) is 0.220. The molecule has 0 heteroatoms. The van der Waals surface area contributed by atoms with Crippen molar-refractivity contribution in [3.8, 4) is 0 Å². The van der Waals surface area contributed by atoms with Gasteiger partial charge in [0.05, 0.1) is 0 Å². The lowest BCUT2D eigenvalue weighted by Gasteiger charge is -2.16. The van der Waals surface area contributed by atoms with Gasteiger partial charge in [-0.1, -0.05) is 45.1 Å². The minimum Gasteiger partial charge on any atom is -0.103 e. The van der Waals surface area contributed by atoms with Crippen molar-refractivity contribution in [2.24, 2.45) is 11.3 Å². The molecule has 0 N–H and O–H groups in total. The topological polar surface area (TPSA) is 0 Å². The van der Waals surface area contributed by atoms with Gasteiger partial charge in [0.25, 0.3) is 0 Å². The third kappa shape index (κ3) is 4.95. The second kappa shape index (κ2) is 4.97. The quantitative estimate of drug-likeness (QED) is 0.539. The van der Waals surface area contributed by atoms with Crippen LogP contribution in [0.3, 0.4) is 0 Å². The van der Waals surface area contributed by atoms with E-state index in [9.17, 15) is 0 Å². The molecule has 0 radical (unpaired) electrons.